The Kier molecular flexibility index (Phi) is 4.11. The summed E-state index contributed by atoms with van der Waals surface area (Å²) >= 11 is 1.35. The number of rotatable bonds is 3. The van der Waals surface area contributed by atoms with Gasteiger partial charge in [-0.15, -0.1) is 10.2 Å². The van der Waals surface area contributed by atoms with Crippen molar-refractivity contribution < 1.29 is 4.79 Å². The zero-order valence-electron chi connectivity index (χ0n) is 11.2. The highest BCUT2D eigenvalue weighted by atomic mass is 32.1. The van der Waals surface area contributed by atoms with Crippen LogP contribution in [0.2, 0.25) is 0 Å². The normalized spacial score (nSPS) is 10.3. The standard InChI is InChI=1S/C13H16N4OS/c1-8-4-5-11(9(2)6-8)7-14-12(18)15-13-17-16-10(3)19-13/h4-6H,7H2,1-3H3,(H2,14,15,17,18). The van der Waals surface area contributed by atoms with Crippen molar-refractivity contribution in [2.75, 3.05) is 5.32 Å². The maximum atomic E-state index is 11.7. The van der Waals surface area contributed by atoms with Gasteiger partial charge in [-0.2, -0.15) is 0 Å². The number of hydrogen-bond donors (Lipinski definition) is 2. The molecule has 6 heteroatoms. The number of amides is 2. The Morgan fingerprint density at radius 2 is 2.05 bits per heavy atom. The van der Waals surface area contributed by atoms with Gasteiger partial charge in [0.25, 0.3) is 0 Å². The van der Waals surface area contributed by atoms with E-state index in [1.165, 1.54) is 22.5 Å². The van der Waals surface area contributed by atoms with Gasteiger partial charge in [0.1, 0.15) is 5.01 Å². The van der Waals surface area contributed by atoms with E-state index in [0.717, 1.165) is 10.6 Å². The van der Waals surface area contributed by atoms with Crippen LogP contribution >= 0.6 is 11.3 Å². The van der Waals surface area contributed by atoms with Gasteiger partial charge >= 0.3 is 6.03 Å². The largest absolute Gasteiger partial charge is 0.334 e. The molecule has 100 valence electrons. The molecule has 0 saturated heterocycles. The number of nitrogens with one attached hydrogen (secondary N) is 2. The minimum absolute atomic E-state index is 0.267. The predicted molar refractivity (Wildman–Crippen MR) is 76.4 cm³/mol. The fourth-order valence-corrected chi connectivity index (χ4v) is 2.29. The topological polar surface area (TPSA) is 66.9 Å². The first kappa shape index (κ1) is 13.5. The number of aromatic nitrogens is 2. The van der Waals surface area contributed by atoms with Crippen molar-refractivity contribution in [2.24, 2.45) is 0 Å². The number of carbonyl (C=O) groups is 1. The van der Waals surface area contributed by atoms with Crippen LogP contribution in [0.4, 0.5) is 9.93 Å². The number of aryl methyl sites for hydroxylation is 3. The number of nitrogens with zero attached hydrogens (tertiary/aromatic N) is 2. The maximum Gasteiger partial charge on any atom is 0.321 e. The van der Waals surface area contributed by atoms with Crippen molar-refractivity contribution in [3.05, 3.63) is 39.9 Å². The van der Waals surface area contributed by atoms with Crippen molar-refractivity contribution >= 4 is 22.5 Å². The zero-order valence-corrected chi connectivity index (χ0v) is 12.0. The monoisotopic (exact) mass is 276 g/mol. The molecule has 19 heavy (non-hydrogen) atoms. The third-order valence-corrected chi connectivity index (χ3v) is 3.44. The van der Waals surface area contributed by atoms with E-state index in [4.69, 9.17) is 0 Å². The molecule has 0 bridgehead atoms. The molecule has 2 aromatic rings. The molecule has 0 aliphatic heterocycles. The molecule has 0 spiro atoms. The summed E-state index contributed by atoms with van der Waals surface area (Å²) in [7, 11) is 0. The van der Waals surface area contributed by atoms with Crippen LogP contribution in [0.5, 0.6) is 0 Å². The van der Waals surface area contributed by atoms with Gasteiger partial charge in [0.2, 0.25) is 5.13 Å². The molecule has 2 rings (SSSR count). The van der Waals surface area contributed by atoms with Gasteiger partial charge in [0.05, 0.1) is 0 Å². The third-order valence-electron chi connectivity index (χ3n) is 2.68. The molecule has 0 atom stereocenters. The van der Waals surface area contributed by atoms with Crippen LogP contribution < -0.4 is 10.6 Å². The van der Waals surface area contributed by atoms with E-state index < -0.39 is 0 Å². The smallest absolute Gasteiger partial charge is 0.321 e. The summed E-state index contributed by atoms with van der Waals surface area (Å²) in [5.41, 5.74) is 3.50. The van der Waals surface area contributed by atoms with E-state index in [0.29, 0.717) is 11.7 Å². The number of benzene rings is 1. The van der Waals surface area contributed by atoms with E-state index in [1.807, 2.05) is 26.0 Å². The summed E-state index contributed by atoms with van der Waals surface area (Å²) in [6, 6.07) is 5.90. The van der Waals surface area contributed by atoms with Gasteiger partial charge in [-0.1, -0.05) is 35.1 Å². The number of carbonyl (C=O) groups excluding carboxylic acids is 1. The van der Waals surface area contributed by atoms with Crippen LogP contribution in [0.3, 0.4) is 0 Å². The minimum atomic E-state index is -0.267. The molecular weight excluding hydrogens is 260 g/mol. The fraction of sp³-hybridized carbons (Fsp3) is 0.308. The van der Waals surface area contributed by atoms with E-state index >= 15 is 0 Å². The van der Waals surface area contributed by atoms with Crippen LogP contribution in [0.25, 0.3) is 0 Å². The number of urea groups is 1. The average Bonchev–Trinajstić information content (AvgIpc) is 2.73. The molecule has 0 aliphatic rings. The lowest BCUT2D eigenvalue weighted by molar-refractivity contribution is 0.251. The quantitative estimate of drug-likeness (QED) is 0.906. The second-order valence-corrected chi connectivity index (χ2v) is 5.55. The van der Waals surface area contributed by atoms with Crippen LogP contribution in [0.15, 0.2) is 18.2 Å². The van der Waals surface area contributed by atoms with Crippen LogP contribution in [0.1, 0.15) is 21.7 Å². The Morgan fingerprint density at radius 1 is 1.26 bits per heavy atom. The third kappa shape index (κ3) is 3.75. The van der Waals surface area contributed by atoms with E-state index in [2.05, 4.69) is 33.8 Å². The first-order valence-corrected chi connectivity index (χ1v) is 6.77. The summed E-state index contributed by atoms with van der Waals surface area (Å²) in [4.78, 5) is 11.7. The predicted octanol–water partition coefficient (Wildman–Crippen LogP) is 2.79. The summed E-state index contributed by atoms with van der Waals surface area (Å²) in [6.45, 7) is 6.43. The van der Waals surface area contributed by atoms with Gasteiger partial charge in [0, 0.05) is 6.54 Å². The molecule has 5 nitrogen and oxygen atoms in total. The maximum absolute atomic E-state index is 11.7. The van der Waals surface area contributed by atoms with E-state index in [9.17, 15) is 4.79 Å². The van der Waals surface area contributed by atoms with Crippen molar-refractivity contribution in [3.8, 4) is 0 Å². The lowest BCUT2D eigenvalue weighted by Gasteiger charge is -2.08. The van der Waals surface area contributed by atoms with Crippen LogP contribution in [-0.4, -0.2) is 16.2 Å². The van der Waals surface area contributed by atoms with Gasteiger partial charge in [-0.3, -0.25) is 5.32 Å². The Balaban J connectivity index is 1.89. The average molecular weight is 276 g/mol. The van der Waals surface area contributed by atoms with E-state index in [-0.39, 0.29) is 6.03 Å². The first-order chi connectivity index (χ1) is 9.04. The zero-order chi connectivity index (χ0) is 13.8. The molecular formula is C13H16N4OS. The highest BCUT2D eigenvalue weighted by Gasteiger charge is 2.06. The molecule has 0 fully saturated rings. The van der Waals surface area contributed by atoms with Gasteiger partial charge in [-0.05, 0) is 31.9 Å². The number of anilines is 1. The summed E-state index contributed by atoms with van der Waals surface area (Å²) in [6.07, 6.45) is 0. The second-order valence-electron chi connectivity index (χ2n) is 4.36. The van der Waals surface area contributed by atoms with E-state index in [1.54, 1.807) is 0 Å². The molecule has 1 heterocycles. The van der Waals surface area contributed by atoms with Crippen molar-refractivity contribution in [2.45, 2.75) is 27.3 Å². The second kappa shape index (κ2) is 5.79. The molecule has 1 aromatic heterocycles. The Hall–Kier alpha value is -1.95. The molecule has 0 saturated carbocycles. The van der Waals surface area contributed by atoms with Gasteiger partial charge in [-0.25, -0.2) is 4.79 Å². The summed E-state index contributed by atoms with van der Waals surface area (Å²) in [5, 5.41) is 14.5. The first-order valence-electron chi connectivity index (χ1n) is 5.95. The molecule has 1 aromatic carbocycles. The van der Waals surface area contributed by atoms with Gasteiger partial charge in [0.15, 0.2) is 0 Å². The summed E-state index contributed by atoms with van der Waals surface area (Å²) in [5.74, 6) is 0. The SMILES string of the molecule is Cc1ccc(CNC(=O)Nc2nnc(C)s2)c(C)c1. The van der Waals surface area contributed by atoms with Crippen molar-refractivity contribution in [3.63, 3.8) is 0 Å². The van der Waals surface area contributed by atoms with Crippen molar-refractivity contribution in [1.29, 1.82) is 0 Å². The molecule has 2 amide bonds. The Labute approximate surface area is 116 Å². The lowest BCUT2D eigenvalue weighted by atomic mass is 10.1. The van der Waals surface area contributed by atoms with Crippen LogP contribution in [0, 0.1) is 20.8 Å². The highest BCUT2D eigenvalue weighted by molar-refractivity contribution is 7.15. The minimum Gasteiger partial charge on any atom is -0.334 e. The Morgan fingerprint density at radius 3 is 2.68 bits per heavy atom. The van der Waals surface area contributed by atoms with Crippen molar-refractivity contribution in [1.82, 2.24) is 15.5 Å². The molecule has 0 aliphatic carbocycles. The molecule has 0 unspecified atom stereocenters. The highest BCUT2D eigenvalue weighted by Crippen LogP contribution is 2.13. The van der Waals surface area contributed by atoms with Crippen LogP contribution in [-0.2, 0) is 6.54 Å². The lowest BCUT2D eigenvalue weighted by Crippen LogP contribution is -2.28. The summed E-state index contributed by atoms with van der Waals surface area (Å²) < 4.78 is 0. The molecule has 0 radical (unpaired) electrons. The fourth-order valence-electron chi connectivity index (χ4n) is 1.71. The Bertz CT molecular complexity index is 594. The van der Waals surface area contributed by atoms with Gasteiger partial charge < -0.3 is 5.32 Å². The number of hydrogen-bond acceptors (Lipinski definition) is 4. The molecule has 2 N–H and O–H groups in total.